The zero-order valence-electron chi connectivity index (χ0n) is 17.4. The Balaban J connectivity index is 1.42. The molecule has 0 radical (unpaired) electrons. The van der Waals surface area contributed by atoms with Gasteiger partial charge in [0, 0.05) is 43.1 Å². The lowest BCUT2D eigenvalue weighted by atomic mass is 10.1. The minimum absolute atomic E-state index is 0.0548. The Bertz CT molecular complexity index is 942. The fourth-order valence-corrected chi connectivity index (χ4v) is 4.40. The first-order valence-electron chi connectivity index (χ1n) is 10.3. The highest BCUT2D eigenvalue weighted by atomic mass is 16.5. The molecule has 0 atom stereocenters. The number of anilines is 1. The van der Waals surface area contributed by atoms with E-state index in [4.69, 9.17) is 4.74 Å². The number of methoxy groups -OCH3 is 1. The predicted molar refractivity (Wildman–Crippen MR) is 110 cm³/mol. The Hall–Kier alpha value is -2.83. The third-order valence-electron chi connectivity index (χ3n) is 6.22. The number of carbonyl (C=O) groups is 2. The number of aromatic nitrogens is 2. The second-order valence-electron chi connectivity index (χ2n) is 7.86. The van der Waals surface area contributed by atoms with Crippen LogP contribution in [0.2, 0.25) is 0 Å². The van der Waals surface area contributed by atoms with Crippen LogP contribution >= 0.6 is 0 Å². The monoisotopic (exact) mass is 396 g/mol. The van der Waals surface area contributed by atoms with Gasteiger partial charge in [-0.15, -0.1) is 0 Å². The molecular formula is C22H28N4O3. The van der Waals surface area contributed by atoms with Crippen LogP contribution in [0.5, 0.6) is 0 Å². The molecule has 2 aromatic rings. The molecule has 0 N–H and O–H groups in total. The maximum atomic E-state index is 12.9. The molecule has 0 spiro atoms. The fourth-order valence-electron chi connectivity index (χ4n) is 4.40. The fraction of sp³-hybridized carbons (Fsp3) is 0.500. The van der Waals surface area contributed by atoms with E-state index in [-0.39, 0.29) is 12.5 Å². The Kier molecular flexibility index (Phi) is 5.30. The molecule has 1 fully saturated rings. The van der Waals surface area contributed by atoms with Gasteiger partial charge in [0.15, 0.2) is 5.69 Å². The molecule has 1 saturated heterocycles. The van der Waals surface area contributed by atoms with Crippen LogP contribution in [0.3, 0.4) is 0 Å². The van der Waals surface area contributed by atoms with Crippen molar-refractivity contribution in [2.75, 3.05) is 38.2 Å². The molecule has 2 aliphatic rings. The number of piperazine rings is 1. The van der Waals surface area contributed by atoms with Crippen LogP contribution in [-0.2, 0) is 28.9 Å². The van der Waals surface area contributed by atoms with Crippen molar-refractivity contribution in [1.82, 2.24) is 14.7 Å². The van der Waals surface area contributed by atoms with Gasteiger partial charge in [-0.3, -0.25) is 9.48 Å². The summed E-state index contributed by atoms with van der Waals surface area (Å²) in [5, 5.41) is 4.41. The van der Waals surface area contributed by atoms with Gasteiger partial charge < -0.3 is 14.5 Å². The summed E-state index contributed by atoms with van der Waals surface area (Å²) in [6.07, 6.45) is 2.66. The van der Waals surface area contributed by atoms with Gasteiger partial charge in [-0.25, -0.2) is 4.79 Å². The van der Waals surface area contributed by atoms with E-state index in [0.717, 1.165) is 43.6 Å². The lowest BCUT2D eigenvalue weighted by Crippen LogP contribution is -2.50. The van der Waals surface area contributed by atoms with Crippen molar-refractivity contribution in [3.8, 4) is 0 Å². The number of nitrogens with zero attached hydrogens (tertiary/aromatic N) is 4. The lowest BCUT2D eigenvalue weighted by molar-refractivity contribution is -0.132. The number of benzene rings is 1. The van der Waals surface area contributed by atoms with Crippen LogP contribution < -0.4 is 4.90 Å². The summed E-state index contributed by atoms with van der Waals surface area (Å²) in [6, 6.07) is 6.37. The second kappa shape index (κ2) is 7.89. The third kappa shape index (κ3) is 3.61. The molecule has 1 aromatic carbocycles. The zero-order valence-corrected chi connectivity index (χ0v) is 17.4. The number of fused-ring (bicyclic) bond motifs is 1. The van der Waals surface area contributed by atoms with Crippen molar-refractivity contribution < 1.29 is 14.3 Å². The molecular weight excluding hydrogens is 368 g/mol. The number of esters is 1. The van der Waals surface area contributed by atoms with Crippen molar-refractivity contribution in [1.29, 1.82) is 0 Å². The molecule has 4 rings (SSSR count). The summed E-state index contributed by atoms with van der Waals surface area (Å²) in [6.45, 7) is 7.49. The largest absolute Gasteiger partial charge is 0.464 e. The zero-order chi connectivity index (χ0) is 20.5. The van der Waals surface area contributed by atoms with Gasteiger partial charge in [0.25, 0.3) is 0 Å². The summed E-state index contributed by atoms with van der Waals surface area (Å²) >= 11 is 0. The Morgan fingerprint density at radius 2 is 1.86 bits per heavy atom. The average molecular weight is 396 g/mol. The van der Waals surface area contributed by atoms with Gasteiger partial charge in [-0.2, -0.15) is 5.10 Å². The quantitative estimate of drug-likeness (QED) is 0.741. The van der Waals surface area contributed by atoms with Gasteiger partial charge in [0.05, 0.1) is 7.11 Å². The van der Waals surface area contributed by atoms with Crippen LogP contribution in [0, 0.1) is 13.8 Å². The van der Waals surface area contributed by atoms with Crippen molar-refractivity contribution in [2.24, 2.45) is 0 Å². The average Bonchev–Trinajstić information content (AvgIpc) is 3.33. The Morgan fingerprint density at radius 1 is 1.10 bits per heavy atom. The summed E-state index contributed by atoms with van der Waals surface area (Å²) in [4.78, 5) is 29.2. The minimum atomic E-state index is -0.420. The van der Waals surface area contributed by atoms with E-state index in [1.807, 2.05) is 4.90 Å². The molecule has 1 aliphatic heterocycles. The minimum Gasteiger partial charge on any atom is -0.464 e. The summed E-state index contributed by atoms with van der Waals surface area (Å²) in [5.41, 5.74) is 6.17. The van der Waals surface area contributed by atoms with Gasteiger partial charge in [0.1, 0.15) is 6.54 Å². The third-order valence-corrected chi connectivity index (χ3v) is 6.22. The van der Waals surface area contributed by atoms with Crippen molar-refractivity contribution >= 4 is 17.6 Å². The molecule has 1 aromatic heterocycles. The highest BCUT2D eigenvalue weighted by Gasteiger charge is 2.29. The molecule has 29 heavy (non-hydrogen) atoms. The Morgan fingerprint density at radius 3 is 2.59 bits per heavy atom. The first-order chi connectivity index (χ1) is 14.0. The molecule has 2 heterocycles. The Labute approximate surface area is 171 Å². The van der Waals surface area contributed by atoms with Crippen LogP contribution in [0.1, 0.15) is 39.3 Å². The summed E-state index contributed by atoms with van der Waals surface area (Å²) in [5.74, 6) is -0.365. The van der Waals surface area contributed by atoms with E-state index in [1.54, 1.807) is 4.68 Å². The van der Waals surface area contributed by atoms with E-state index < -0.39 is 5.97 Å². The van der Waals surface area contributed by atoms with Crippen LogP contribution in [0.4, 0.5) is 5.69 Å². The predicted octanol–water partition coefficient (Wildman–Crippen LogP) is 2.12. The number of ether oxygens (including phenoxy) is 1. The van der Waals surface area contributed by atoms with Gasteiger partial charge in [-0.05, 0) is 50.3 Å². The van der Waals surface area contributed by atoms with Gasteiger partial charge in [-0.1, -0.05) is 12.1 Å². The standard InChI is InChI=1S/C22H28N4O3/c1-15-6-4-8-18(16(15)2)24-10-12-25(13-11-24)20(27)14-26-19-9-5-7-17(19)21(23-26)22(28)29-3/h4,6,8H,5,7,9-14H2,1-3H3. The van der Waals surface area contributed by atoms with Crippen LogP contribution in [-0.4, -0.2) is 59.8 Å². The first-order valence-corrected chi connectivity index (χ1v) is 10.3. The number of aryl methyl sites for hydroxylation is 1. The molecule has 0 saturated carbocycles. The van der Waals surface area contributed by atoms with E-state index in [1.165, 1.54) is 23.9 Å². The van der Waals surface area contributed by atoms with E-state index in [0.29, 0.717) is 18.8 Å². The van der Waals surface area contributed by atoms with E-state index in [2.05, 4.69) is 42.0 Å². The van der Waals surface area contributed by atoms with E-state index in [9.17, 15) is 9.59 Å². The van der Waals surface area contributed by atoms with Gasteiger partial charge in [0.2, 0.25) is 5.91 Å². The molecule has 7 nitrogen and oxygen atoms in total. The SMILES string of the molecule is COC(=O)c1nn(CC(=O)N2CCN(c3cccc(C)c3C)CC2)c2c1CCC2. The number of rotatable bonds is 4. The topological polar surface area (TPSA) is 67.7 Å². The first kappa shape index (κ1) is 19.5. The van der Waals surface area contributed by atoms with Gasteiger partial charge >= 0.3 is 5.97 Å². The molecule has 1 amide bonds. The van der Waals surface area contributed by atoms with E-state index >= 15 is 0 Å². The van der Waals surface area contributed by atoms with Crippen LogP contribution in [0.25, 0.3) is 0 Å². The highest BCUT2D eigenvalue weighted by molar-refractivity contribution is 5.89. The number of amides is 1. The summed E-state index contributed by atoms with van der Waals surface area (Å²) in [7, 11) is 1.36. The molecule has 0 bridgehead atoms. The van der Waals surface area contributed by atoms with Crippen molar-refractivity contribution in [3.05, 3.63) is 46.3 Å². The van der Waals surface area contributed by atoms with Crippen molar-refractivity contribution in [3.63, 3.8) is 0 Å². The number of carbonyl (C=O) groups excluding carboxylic acids is 2. The smallest absolute Gasteiger partial charge is 0.358 e. The maximum absolute atomic E-state index is 12.9. The second-order valence-corrected chi connectivity index (χ2v) is 7.86. The molecule has 7 heteroatoms. The molecule has 1 aliphatic carbocycles. The van der Waals surface area contributed by atoms with Crippen LogP contribution in [0.15, 0.2) is 18.2 Å². The number of hydrogen-bond acceptors (Lipinski definition) is 5. The normalized spacial score (nSPS) is 16.1. The molecule has 154 valence electrons. The summed E-state index contributed by atoms with van der Waals surface area (Å²) < 4.78 is 6.57. The molecule has 0 unspecified atom stereocenters. The lowest BCUT2D eigenvalue weighted by Gasteiger charge is -2.37. The van der Waals surface area contributed by atoms with Crippen molar-refractivity contribution in [2.45, 2.75) is 39.7 Å². The number of hydrogen-bond donors (Lipinski definition) is 0. The maximum Gasteiger partial charge on any atom is 0.358 e. The highest BCUT2D eigenvalue weighted by Crippen LogP contribution is 2.27.